The van der Waals surface area contributed by atoms with E-state index in [1.807, 2.05) is 0 Å². The molecule has 0 unspecified atom stereocenters. The molecule has 1 heteroatoms. The molecular weight excluding hydrogens is 415 g/mol. The van der Waals surface area contributed by atoms with Crippen molar-refractivity contribution in [2.24, 2.45) is 5.92 Å². The minimum absolute atomic E-state index is 1.04. The first kappa shape index (κ1) is 25.7. The van der Waals surface area contributed by atoms with E-state index >= 15 is 0 Å². The lowest BCUT2D eigenvalue weighted by Gasteiger charge is -2.16. The quantitative estimate of drug-likeness (QED) is 0.0901. The molecule has 0 aliphatic heterocycles. The maximum atomic E-state index is 2.55. The number of alkyl halides is 1. The fourth-order valence-electron chi connectivity index (χ4n) is 3.93. The largest absolute Gasteiger partial charge is 0.0864 e. The Hall–Kier alpha value is 0.730. The lowest BCUT2D eigenvalue weighted by atomic mass is 9.90. The van der Waals surface area contributed by atoms with Gasteiger partial charge < -0.3 is 0 Å². The number of halogens is 1. The number of rotatable bonds is 21. The molecule has 0 bridgehead atoms. The van der Waals surface area contributed by atoms with Crippen molar-refractivity contribution < 1.29 is 0 Å². The zero-order valence-corrected chi connectivity index (χ0v) is 20.0. The molecule has 0 amide bonds. The van der Waals surface area contributed by atoms with E-state index in [-0.39, 0.29) is 0 Å². The van der Waals surface area contributed by atoms with Crippen LogP contribution in [-0.2, 0) is 0 Å². The van der Waals surface area contributed by atoms with Gasteiger partial charge in [0, 0.05) is 0 Å². The molecule has 25 heavy (non-hydrogen) atoms. The van der Waals surface area contributed by atoms with Gasteiger partial charge in [0.2, 0.25) is 0 Å². The Labute approximate surface area is 174 Å². The van der Waals surface area contributed by atoms with Crippen molar-refractivity contribution in [1.82, 2.24) is 0 Å². The first-order valence-electron chi connectivity index (χ1n) is 11.9. The first-order valence-corrected chi connectivity index (χ1v) is 13.4. The Morgan fingerprint density at radius 1 is 0.440 bits per heavy atom. The molecule has 0 aliphatic rings. The summed E-state index contributed by atoms with van der Waals surface area (Å²) in [7, 11) is 0. The van der Waals surface area contributed by atoms with Crippen molar-refractivity contribution in [3.05, 3.63) is 0 Å². The maximum Gasteiger partial charge on any atom is -0.000463 e. The lowest BCUT2D eigenvalue weighted by Crippen LogP contribution is -2.02. The van der Waals surface area contributed by atoms with Crippen LogP contribution in [0.2, 0.25) is 0 Å². The fourth-order valence-corrected chi connectivity index (χ4v) is 4.37. The molecule has 0 nitrogen and oxygen atoms in total. The van der Waals surface area contributed by atoms with Crippen LogP contribution in [-0.4, -0.2) is 4.43 Å². The van der Waals surface area contributed by atoms with Gasteiger partial charge in [-0.25, -0.2) is 0 Å². The summed E-state index contributed by atoms with van der Waals surface area (Å²) in [5, 5.41) is 0. The average Bonchev–Trinajstić information content (AvgIpc) is 2.63. The summed E-state index contributed by atoms with van der Waals surface area (Å²) in [5.41, 5.74) is 0. The number of hydrogen-bond acceptors (Lipinski definition) is 0. The van der Waals surface area contributed by atoms with Crippen LogP contribution in [0.4, 0.5) is 0 Å². The van der Waals surface area contributed by atoms with E-state index in [4.69, 9.17) is 0 Å². The average molecular weight is 465 g/mol. The SMILES string of the molecule is CCCCCCCCCCC(CCCI)CCCCCCCCCC. The van der Waals surface area contributed by atoms with Crippen molar-refractivity contribution in [2.75, 3.05) is 4.43 Å². The molecule has 0 atom stereocenters. The smallest absolute Gasteiger partial charge is 0.000463 e. The summed E-state index contributed by atoms with van der Waals surface area (Å²) in [6.07, 6.45) is 29.4. The van der Waals surface area contributed by atoms with Crippen LogP contribution >= 0.6 is 22.6 Å². The molecular formula is C24H49I. The minimum atomic E-state index is 1.04. The van der Waals surface area contributed by atoms with Crippen LogP contribution in [0.5, 0.6) is 0 Å². The van der Waals surface area contributed by atoms with E-state index in [9.17, 15) is 0 Å². The zero-order valence-electron chi connectivity index (χ0n) is 17.8. The molecule has 0 aromatic carbocycles. The molecule has 0 saturated carbocycles. The van der Waals surface area contributed by atoms with Crippen molar-refractivity contribution in [3.8, 4) is 0 Å². The van der Waals surface area contributed by atoms with E-state index in [1.165, 1.54) is 133 Å². The van der Waals surface area contributed by atoms with Crippen LogP contribution in [0, 0.1) is 5.92 Å². The van der Waals surface area contributed by atoms with Gasteiger partial charge in [-0.3, -0.25) is 0 Å². The molecule has 0 aliphatic carbocycles. The second-order valence-corrected chi connectivity index (χ2v) is 9.30. The maximum absolute atomic E-state index is 2.55. The molecule has 0 N–H and O–H groups in total. The molecule has 0 rings (SSSR count). The van der Waals surface area contributed by atoms with Gasteiger partial charge in [-0.05, 0) is 23.2 Å². The number of unbranched alkanes of at least 4 members (excludes halogenated alkanes) is 14. The standard InChI is InChI=1S/C24H49I/c1-3-5-7-9-11-13-15-17-20-24(22-19-23-25)21-18-16-14-12-10-8-6-4-2/h24H,3-23H2,1-2H3. The van der Waals surface area contributed by atoms with Crippen molar-refractivity contribution >= 4 is 22.6 Å². The highest BCUT2D eigenvalue weighted by Gasteiger charge is 2.08. The summed E-state index contributed by atoms with van der Waals surface area (Å²) >= 11 is 2.55. The van der Waals surface area contributed by atoms with Crippen LogP contribution < -0.4 is 0 Å². The Bertz CT molecular complexity index is 206. The van der Waals surface area contributed by atoms with Gasteiger partial charge in [-0.15, -0.1) is 0 Å². The summed E-state index contributed by atoms with van der Waals surface area (Å²) < 4.78 is 1.35. The molecule has 0 heterocycles. The molecule has 0 aromatic heterocycles. The Balaban J connectivity index is 3.54. The third-order valence-corrected chi connectivity index (χ3v) is 6.44. The van der Waals surface area contributed by atoms with Gasteiger partial charge in [-0.2, -0.15) is 0 Å². The van der Waals surface area contributed by atoms with Gasteiger partial charge in [0.05, 0.1) is 0 Å². The highest BCUT2D eigenvalue weighted by molar-refractivity contribution is 14.1. The van der Waals surface area contributed by atoms with Crippen LogP contribution in [0.15, 0.2) is 0 Å². The van der Waals surface area contributed by atoms with Crippen molar-refractivity contribution in [1.29, 1.82) is 0 Å². The second kappa shape index (κ2) is 22.8. The molecule has 0 fully saturated rings. The summed E-state index contributed by atoms with van der Waals surface area (Å²) in [4.78, 5) is 0. The third kappa shape index (κ3) is 20.9. The van der Waals surface area contributed by atoms with Crippen LogP contribution in [0.1, 0.15) is 142 Å². The van der Waals surface area contributed by atoms with E-state index in [2.05, 4.69) is 36.4 Å². The summed E-state index contributed by atoms with van der Waals surface area (Å²) in [5.74, 6) is 1.04. The molecule has 0 spiro atoms. The lowest BCUT2D eigenvalue weighted by molar-refractivity contribution is 0.378. The topological polar surface area (TPSA) is 0 Å². The predicted molar refractivity (Wildman–Crippen MR) is 126 cm³/mol. The van der Waals surface area contributed by atoms with E-state index in [0.717, 1.165) is 5.92 Å². The molecule has 152 valence electrons. The highest BCUT2D eigenvalue weighted by Crippen LogP contribution is 2.24. The molecule has 0 saturated heterocycles. The molecule has 0 radical (unpaired) electrons. The Morgan fingerprint density at radius 3 is 1.12 bits per heavy atom. The first-order chi connectivity index (χ1) is 12.3. The van der Waals surface area contributed by atoms with E-state index in [1.54, 1.807) is 0 Å². The summed E-state index contributed by atoms with van der Waals surface area (Å²) in [6.45, 7) is 4.62. The normalized spacial score (nSPS) is 11.5. The van der Waals surface area contributed by atoms with Crippen LogP contribution in [0.3, 0.4) is 0 Å². The van der Waals surface area contributed by atoms with Gasteiger partial charge in [0.25, 0.3) is 0 Å². The second-order valence-electron chi connectivity index (χ2n) is 8.22. The zero-order chi connectivity index (χ0) is 18.4. The van der Waals surface area contributed by atoms with E-state index < -0.39 is 0 Å². The van der Waals surface area contributed by atoms with Gasteiger partial charge >= 0.3 is 0 Å². The number of hydrogen-bond donors (Lipinski definition) is 0. The molecule has 0 aromatic rings. The van der Waals surface area contributed by atoms with Gasteiger partial charge in [0.1, 0.15) is 0 Å². The van der Waals surface area contributed by atoms with Crippen LogP contribution in [0.25, 0.3) is 0 Å². The monoisotopic (exact) mass is 464 g/mol. The summed E-state index contributed by atoms with van der Waals surface area (Å²) in [6, 6.07) is 0. The van der Waals surface area contributed by atoms with Crippen molar-refractivity contribution in [3.63, 3.8) is 0 Å². The van der Waals surface area contributed by atoms with E-state index in [0.29, 0.717) is 0 Å². The Kier molecular flexibility index (Phi) is 23.4. The minimum Gasteiger partial charge on any atom is -0.0864 e. The van der Waals surface area contributed by atoms with Gasteiger partial charge in [0.15, 0.2) is 0 Å². The third-order valence-electron chi connectivity index (χ3n) is 5.68. The van der Waals surface area contributed by atoms with Gasteiger partial charge in [-0.1, -0.05) is 152 Å². The predicted octanol–water partition coefficient (Wildman–Crippen LogP) is 9.88. The Morgan fingerprint density at radius 2 is 0.760 bits per heavy atom. The van der Waals surface area contributed by atoms with Crippen molar-refractivity contribution in [2.45, 2.75) is 142 Å². The highest BCUT2D eigenvalue weighted by atomic mass is 127. The fraction of sp³-hybridized carbons (Fsp3) is 1.00.